The van der Waals surface area contributed by atoms with Gasteiger partial charge in [0.2, 0.25) is 0 Å². The average molecular weight is 1520 g/mol. The maximum absolute atomic E-state index is 15.1. The first kappa shape index (κ1) is 68.8. The lowest BCUT2D eigenvalue weighted by atomic mass is 10.0. The number of aryl methyl sites for hydroxylation is 3. The van der Waals surface area contributed by atoms with Crippen LogP contribution in [-0.4, -0.2) is 28.7 Å². The molecule has 19 aromatic rings. The Morgan fingerprint density at radius 1 is 0.221 bits per heavy atom. The molecule has 1 unspecified atom stereocenters. The smallest absolute Gasteiger partial charge is 0.171 e. The highest BCUT2D eigenvalue weighted by molar-refractivity contribution is 7.86. The lowest BCUT2D eigenvalue weighted by Crippen LogP contribution is -2.25. The van der Waals surface area contributed by atoms with E-state index in [0.717, 1.165) is 188 Å². The Labute approximate surface area is 652 Å². The summed E-state index contributed by atoms with van der Waals surface area (Å²) in [7, 11) is -9.20. The molecule has 0 saturated carbocycles. The molecule has 22 rings (SSSR count). The fourth-order valence-corrected chi connectivity index (χ4v) is 24.4. The molecular weight excluding hydrogens is 1450 g/mol. The van der Waals surface area contributed by atoms with E-state index in [1.807, 2.05) is 294 Å². The molecule has 3 aromatic heterocycles. The Morgan fingerprint density at radius 3 is 0.929 bits per heavy atom. The minimum atomic E-state index is -3.17. The van der Waals surface area contributed by atoms with Gasteiger partial charge in [-0.15, -0.1) is 0 Å². The van der Waals surface area contributed by atoms with Crippen LogP contribution in [0.3, 0.4) is 0 Å². The summed E-state index contributed by atoms with van der Waals surface area (Å²) >= 11 is 0. The fraction of sp³-hybridized carbons (Fsp3) is 0.0306. The van der Waals surface area contributed by atoms with E-state index in [-0.39, 0.29) is 0 Å². The van der Waals surface area contributed by atoms with Crippen LogP contribution in [-0.2, 0) is 13.7 Å². The lowest BCUT2D eigenvalue weighted by Gasteiger charge is -2.24. The van der Waals surface area contributed by atoms with Crippen LogP contribution in [0.25, 0.3) is 94.0 Å². The van der Waals surface area contributed by atoms with E-state index in [2.05, 4.69) is 105 Å². The summed E-state index contributed by atoms with van der Waals surface area (Å²) in [6.45, 7) is 6.04. The van der Waals surface area contributed by atoms with Crippen LogP contribution in [0.4, 0.5) is 0 Å². The molecule has 1 atom stereocenters. The van der Waals surface area contributed by atoms with Gasteiger partial charge in [0.25, 0.3) is 0 Å². The zero-order chi connectivity index (χ0) is 76.1. The van der Waals surface area contributed by atoms with Crippen molar-refractivity contribution < 1.29 is 27.9 Å². The van der Waals surface area contributed by atoms with Crippen LogP contribution in [0.2, 0.25) is 0 Å². The first-order valence-electron chi connectivity index (χ1n) is 37.5. The molecule has 0 N–H and O–H groups in total. The van der Waals surface area contributed by atoms with Crippen LogP contribution in [0, 0.1) is 20.8 Å². The molecule has 0 amide bonds. The maximum atomic E-state index is 15.1. The molecule has 6 heterocycles. The van der Waals surface area contributed by atoms with Crippen molar-refractivity contribution in [3.8, 4) is 73.8 Å². The van der Waals surface area contributed by atoms with Crippen LogP contribution in [0.5, 0.6) is 34.5 Å². The Hall–Kier alpha value is -13.5. The van der Waals surface area contributed by atoms with Gasteiger partial charge in [-0.25, -0.2) is 15.0 Å². The summed E-state index contributed by atoms with van der Waals surface area (Å²) in [6.07, 6.45) is 0. The van der Waals surface area contributed by atoms with Crippen LogP contribution in [0.1, 0.15) is 17.5 Å². The quantitative estimate of drug-likeness (QED) is 0.116. The minimum absolute atomic E-state index is 0.681. The van der Waals surface area contributed by atoms with Gasteiger partial charge in [-0.3, -0.25) is 13.7 Å². The SMILES string of the molecule is Cc1nc2cccc3c2n1-c1ccc(-c2ccc(P(=O)(c4ccccc4)c4ccccc4)cc2)cc1O3.Cc1nc2cccc3c2n1-c1ccc(-c2ccc4cc(P(=O)(c5ccccc5)c5ccccc5)ccc4c2)cc1O3.Cc1nc2cccc3c2n1-c1ccc(P(=O)(c2ccccc2)c2ccc4ccccc4c2)cc1O3. The van der Waals surface area contributed by atoms with E-state index in [1.165, 1.54) is 0 Å². The third-order valence-corrected chi connectivity index (χ3v) is 31.0. The second kappa shape index (κ2) is 27.5. The molecule has 0 spiro atoms. The number of ether oxygens (including phenoxy) is 3. The standard InChI is InChI=1S/C36H25N2O2P.C32H23N2O2P.C30H21N2O2P/c1-24-37-32-13-8-14-34-36(32)38(24)33-20-18-28(23-35(33)40-34)25-15-16-27-22-31(19-17-26(27)21-25)41(39,29-9-4-2-5-10-29)30-11-6-3-7-12-30;1-22-33-28-13-8-14-30-32(28)34(22)29-20-17-24(21-31(29)36-30)23-15-18-27(19-16-23)37(35,25-9-4-2-5-10-25)26-11-6-3-7-12-26;1-20-31-26-12-7-13-28-30(26)32(20)27-17-16-25(19-29(27)34-28)35(33,23-10-3-2-4-11-23)24-15-14-21-8-5-6-9-22(21)18-24/h2-23H,1H3;2-21H,1H3;2-19H,1H3. The van der Waals surface area contributed by atoms with E-state index in [4.69, 9.17) is 29.2 Å². The number of aromatic nitrogens is 6. The first-order chi connectivity index (χ1) is 55.3. The van der Waals surface area contributed by atoms with Gasteiger partial charge in [-0.05, 0) is 162 Å². The third kappa shape index (κ3) is 11.6. The van der Waals surface area contributed by atoms with Crippen molar-refractivity contribution in [1.29, 1.82) is 0 Å². The summed E-state index contributed by atoms with van der Waals surface area (Å²) in [5.41, 5.74) is 12.9. The Bertz CT molecular complexity index is 7080. The van der Waals surface area contributed by atoms with E-state index in [0.29, 0.717) is 5.75 Å². The Kier molecular flexibility index (Phi) is 16.8. The number of nitrogens with zero attached hydrogens (tertiary/aromatic N) is 6. The van der Waals surface area contributed by atoms with Gasteiger partial charge in [0, 0.05) is 47.7 Å². The number of benzene rings is 16. The van der Waals surface area contributed by atoms with E-state index in [1.54, 1.807) is 0 Å². The van der Waals surface area contributed by atoms with Crippen molar-refractivity contribution in [1.82, 2.24) is 28.7 Å². The van der Waals surface area contributed by atoms with E-state index < -0.39 is 21.4 Å². The number of hydrogen-bond acceptors (Lipinski definition) is 9. The first-order valence-corrected chi connectivity index (χ1v) is 42.6. The molecular formula is C98H69N6O6P3. The maximum Gasteiger partial charge on any atom is 0.171 e. The summed E-state index contributed by atoms with van der Waals surface area (Å²) < 4.78 is 70.1. The highest BCUT2D eigenvalue weighted by Crippen LogP contribution is 2.51. The van der Waals surface area contributed by atoms with Crippen LogP contribution < -0.4 is 62.0 Å². The van der Waals surface area contributed by atoms with Crippen molar-refractivity contribution in [3.05, 3.63) is 381 Å². The highest BCUT2D eigenvalue weighted by atomic mass is 31.2. The summed E-state index contributed by atoms with van der Waals surface area (Å²) in [5, 5.41) is 11.7. The summed E-state index contributed by atoms with van der Waals surface area (Å²) in [6, 6.07) is 120. The molecule has 0 aliphatic carbocycles. The van der Waals surface area contributed by atoms with Crippen molar-refractivity contribution in [3.63, 3.8) is 0 Å². The monoisotopic (exact) mass is 1520 g/mol. The number of rotatable bonds is 11. The summed E-state index contributed by atoms with van der Waals surface area (Å²) in [4.78, 5) is 14.1. The van der Waals surface area contributed by atoms with Gasteiger partial charge >= 0.3 is 0 Å². The molecule has 3 aliphatic heterocycles. The molecule has 3 aliphatic rings. The fourth-order valence-electron chi connectivity index (χ4n) is 16.4. The molecule has 0 radical (unpaired) electrons. The Balaban J connectivity index is 0.000000111. The number of imidazole rings is 3. The topological polar surface area (TPSA) is 132 Å². The van der Waals surface area contributed by atoms with Gasteiger partial charge < -0.3 is 27.9 Å². The van der Waals surface area contributed by atoms with Crippen LogP contribution >= 0.6 is 21.4 Å². The number of hydrogen-bond donors (Lipinski definition) is 0. The van der Waals surface area contributed by atoms with Gasteiger partial charge in [0.05, 0.1) is 33.6 Å². The molecule has 113 heavy (non-hydrogen) atoms. The zero-order valence-electron chi connectivity index (χ0n) is 61.6. The predicted molar refractivity (Wildman–Crippen MR) is 462 cm³/mol. The number of para-hydroxylation sites is 3. The predicted octanol–water partition coefficient (Wildman–Crippen LogP) is 20.9. The molecule has 16 aromatic carbocycles. The molecule has 0 fully saturated rings. The summed E-state index contributed by atoms with van der Waals surface area (Å²) in [5.74, 6) is 7.44. The second-order valence-corrected chi connectivity index (χ2v) is 36.8. The zero-order valence-corrected chi connectivity index (χ0v) is 64.3. The largest absolute Gasteiger partial charge is 0.453 e. The lowest BCUT2D eigenvalue weighted by molar-refractivity contribution is 0.475. The Morgan fingerprint density at radius 2 is 0.496 bits per heavy atom. The van der Waals surface area contributed by atoms with Crippen molar-refractivity contribution in [2.24, 2.45) is 0 Å². The van der Waals surface area contributed by atoms with E-state index >= 15 is 4.57 Å². The van der Waals surface area contributed by atoms with Crippen molar-refractivity contribution in [2.45, 2.75) is 20.8 Å². The third-order valence-electron chi connectivity index (χ3n) is 21.8. The normalized spacial score (nSPS) is 12.8. The van der Waals surface area contributed by atoms with Gasteiger partial charge in [-0.1, -0.05) is 267 Å². The number of fused-ring (bicyclic) bond motifs is 8. The van der Waals surface area contributed by atoms with E-state index in [9.17, 15) is 9.13 Å². The van der Waals surface area contributed by atoms with Gasteiger partial charge in [-0.2, -0.15) is 0 Å². The second-order valence-electron chi connectivity index (χ2n) is 28.5. The highest BCUT2D eigenvalue weighted by Gasteiger charge is 2.35. The molecule has 542 valence electrons. The molecule has 12 nitrogen and oxygen atoms in total. The average Bonchev–Trinajstić information content (AvgIpc) is 1.64. The van der Waals surface area contributed by atoms with Gasteiger partial charge in [0.1, 0.15) is 34.0 Å². The van der Waals surface area contributed by atoms with Crippen LogP contribution in [0.15, 0.2) is 364 Å². The molecule has 0 saturated heterocycles. The molecule has 15 heteroatoms. The van der Waals surface area contributed by atoms with Crippen molar-refractivity contribution in [2.75, 3.05) is 0 Å². The minimum Gasteiger partial charge on any atom is -0.453 e. The van der Waals surface area contributed by atoms with Crippen molar-refractivity contribution >= 4 is 124 Å². The molecule has 0 bridgehead atoms. The van der Waals surface area contributed by atoms with Gasteiger partial charge in [0.15, 0.2) is 55.9 Å².